The molecular formula is C49H60O16. The first-order chi connectivity index (χ1) is 31.0. The molecule has 2 N–H and O–H groups in total. The van der Waals surface area contributed by atoms with Gasteiger partial charge in [0.15, 0.2) is 54.1 Å². The number of hydrogen-bond acceptors (Lipinski definition) is 16. The third-order valence-electron chi connectivity index (χ3n) is 14.2. The molecular weight excluding hydrogens is 845 g/mol. The molecule has 0 aromatic heterocycles. The summed E-state index contributed by atoms with van der Waals surface area (Å²) >= 11 is 0. The molecule has 352 valence electrons. The molecule has 5 fully saturated rings. The smallest absolute Gasteiger partial charge is 0.198 e. The van der Waals surface area contributed by atoms with Crippen LogP contribution in [0.3, 0.4) is 0 Å². The number of aromatic hydroxyl groups is 1. The van der Waals surface area contributed by atoms with Crippen LogP contribution in [0.5, 0.6) is 5.75 Å². The van der Waals surface area contributed by atoms with Crippen molar-refractivity contribution < 1.29 is 76.8 Å². The minimum Gasteiger partial charge on any atom is -0.507 e. The van der Waals surface area contributed by atoms with Crippen molar-refractivity contribution in [1.29, 1.82) is 0 Å². The van der Waals surface area contributed by atoms with Gasteiger partial charge in [0.25, 0.3) is 0 Å². The number of aliphatic hydroxyl groups excluding tert-OH is 1. The van der Waals surface area contributed by atoms with E-state index < -0.39 is 84.7 Å². The topological polar surface area (TPSA) is 209 Å². The molecule has 16 heteroatoms. The number of benzene rings is 2. The summed E-state index contributed by atoms with van der Waals surface area (Å²) in [6.45, 7) is 10.8. The Kier molecular flexibility index (Phi) is 13.1. The predicted octanol–water partition coefficient (Wildman–Crippen LogP) is 5.68. The van der Waals surface area contributed by atoms with E-state index in [0.29, 0.717) is 63.4 Å². The van der Waals surface area contributed by atoms with Crippen LogP contribution >= 0.6 is 0 Å². The molecule has 2 aliphatic carbocycles. The highest BCUT2D eigenvalue weighted by Crippen LogP contribution is 2.45. The zero-order valence-electron chi connectivity index (χ0n) is 37.8. The van der Waals surface area contributed by atoms with Gasteiger partial charge in [-0.05, 0) is 72.1 Å². The first-order valence-electron chi connectivity index (χ1n) is 23.3. The summed E-state index contributed by atoms with van der Waals surface area (Å²) in [5.74, 6) is -1.76. The van der Waals surface area contributed by atoms with Gasteiger partial charge in [-0.15, -0.1) is 0 Å². The highest BCUT2D eigenvalue weighted by molar-refractivity contribution is 6.32. The number of phenolic OH excluding ortho intramolecular Hbond substituents is 1. The summed E-state index contributed by atoms with van der Waals surface area (Å²) in [4.78, 5) is 66.4. The monoisotopic (exact) mass is 904 g/mol. The largest absolute Gasteiger partial charge is 0.507 e. The Labute approximate surface area is 377 Å². The van der Waals surface area contributed by atoms with E-state index >= 15 is 0 Å². The predicted molar refractivity (Wildman–Crippen MR) is 226 cm³/mol. The van der Waals surface area contributed by atoms with Gasteiger partial charge in [0, 0.05) is 85.6 Å². The van der Waals surface area contributed by atoms with Crippen LogP contribution in [0.1, 0.15) is 165 Å². The Bertz CT molecular complexity index is 2210. The summed E-state index contributed by atoms with van der Waals surface area (Å²) in [5, 5.41) is 23.1. The summed E-state index contributed by atoms with van der Waals surface area (Å²) in [6, 6.07) is 6.21. The lowest BCUT2D eigenvalue weighted by Crippen LogP contribution is -2.50. The molecule has 0 saturated carbocycles. The number of aliphatic hydroxyl groups is 1. The second-order valence-corrected chi connectivity index (χ2v) is 19.2. The van der Waals surface area contributed by atoms with Crippen LogP contribution in [0.4, 0.5) is 0 Å². The van der Waals surface area contributed by atoms with Gasteiger partial charge in [-0.2, -0.15) is 0 Å². The molecule has 0 radical (unpaired) electrons. The van der Waals surface area contributed by atoms with Gasteiger partial charge in [0.2, 0.25) is 0 Å². The number of carbonyl (C=O) groups excluding carboxylic acids is 5. The minimum atomic E-state index is -1.02. The molecule has 7 aliphatic rings. The number of ketones is 5. The molecule has 16 nitrogen and oxygen atoms in total. The fourth-order valence-corrected chi connectivity index (χ4v) is 10.7. The second-order valence-electron chi connectivity index (χ2n) is 19.2. The zero-order valence-corrected chi connectivity index (χ0v) is 37.8. The van der Waals surface area contributed by atoms with E-state index in [9.17, 15) is 34.2 Å². The van der Waals surface area contributed by atoms with Crippen LogP contribution in [0.25, 0.3) is 0 Å². The number of Topliss-reactive ketones (excluding diaryl/α,β-unsaturated/α-hetero) is 3. The van der Waals surface area contributed by atoms with Crippen LogP contribution in [0.15, 0.2) is 24.3 Å². The highest BCUT2D eigenvalue weighted by Gasteiger charge is 2.47. The maximum atomic E-state index is 14.3. The average Bonchev–Trinajstić information content (AvgIpc) is 3.25. The number of ether oxygens (including phenoxy) is 9. The molecule has 0 unspecified atom stereocenters. The van der Waals surface area contributed by atoms with Gasteiger partial charge in [0.1, 0.15) is 24.1 Å². The van der Waals surface area contributed by atoms with Crippen molar-refractivity contribution in [3.05, 3.63) is 63.2 Å². The number of fused-ring (bicyclic) bond motifs is 4. The Morgan fingerprint density at radius 3 is 1.75 bits per heavy atom. The first kappa shape index (κ1) is 46.3. The van der Waals surface area contributed by atoms with Crippen molar-refractivity contribution in [1.82, 2.24) is 0 Å². The van der Waals surface area contributed by atoms with Crippen molar-refractivity contribution in [3.63, 3.8) is 0 Å². The Balaban J connectivity index is 0.828. The Hall–Kier alpha value is -3.81. The lowest BCUT2D eigenvalue weighted by Gasteiger charge is -2.43. The van der Waals surface area contributed by atoms with Crippen molar-refractivity contribution in [2.24, 2.45) is 0 Å². The summed E-state index contributed by atoms with van der Waals surface area (Å²) < 4.78 is 55.2. The number of rotatable bonds is 9. The van der Waals surface area contributed by atoms with E-state index in [0.717, 1.165) is 0 Å². The van der Waals surface area contributed by atoms with Crippen molar-refractivity contribution >= 4 is 28.9 Å². The van der Waals surface area contributed by atoms with Crippen molar-refractivity contribution in [3.8, 4) is 5.75 Å². The molecule has 5 heterocycles. The summed E-state index contributed by atoms with van der Waals surface area (Å²) in [5.41, 5.74) is -0.0962. The number of phenols is 1. The molecule has 2 aromatic carbocycles. The standard InChI is InChI=1S/C49H60O16/c1-22-31(50)11-15-38(58-22)62-35-13-17-40(60-24(35)3)64-48-26(5)57-37(19-33(48)52)28-9-10-30-44(45(28)54)47(56)29-8-7-27-20-49(6,21-34(53)42(27)43(29)46(30)55)65-41-18-14-36(25(4)61-41)63-39-16-12-32(51)23(2)59-39/h7-10,22-26,33,35-41,48,52,54H,11-21H2,1-6H3/t22-,23-,24-,25-,26+,33+,35-,36-,37+,38-,39-,40-,41-,48+,49+/m0/s1. The maximum Gasteiger partial charge on any atom is 0.198 e. The molecule has 0 bridgehead atoms. The summed E-state index contributed by atoms with van der Waals surface area (Å²) in [7, 11) is 0. The minimum absolute atomic E-state index is 0.0196. The van der Waals surface area contributed by atoms with E-state index in [-0.39, 0.29) is 88.0 Å². The van der Waals surface area contributed by atoms with E-state index in [4.69, 9.17) is 42.6 Å². The highest BCUT2D eigenvalue weighted by atomic mass is 16.7. The Morgan fingerprint density at radius 1 is 0.600 bits per heavy atom. The average molecular weight is 905 g/mol. The van der Waals surface area contributed by atoms with Crippen LogP contribution in [0.2, 0.25) is 0 Å². The van der Waals surface area contributed by atoms with Gasteiger partial charge in [-0.25, -0.2) is 0 Å². The lowest BCUT2D eigenvalue weighted by molar-refractivity contribution is -0.298. The fourth-order valence-electron chi connectivity index (χ4n) is 10.7. The van der Waals surface area contributed by atoms with Gasteiger partial charge >= 0.3 is 0 Å². The van der Waals surface area contributed by atoms with E-state index in [2.05, 4.69) is 0 Å². The zero-order chi connectivity index (χ0) is 46.1. The molecule has 0 amide bonds. The molecule has 0 spiro atoms. The van der Waals surface area contributed by atoms with Gasteiger partial charge < -0.3 is 52.8 Å². The first-order valence-corrected chi connectivity index (χ1v) is 23.3. The van der Waals surface area contributed by atoms with Gasteiger partial charge in [-0.3, -0.25) is 24.0 Å². The normalized spacial score (nSPS) is 38.8. The second kappa shape index (κ2) is 18.4. The molecule has 9 rings (SSSR count). The fraction of sp³-hybridized carbons (Fsp3) is 0.653. The van der Waals surface area contributed by atoms with Crippen LogP contribution in [0, 0.1) is 0 Å². The SMILES string of the molecule is C[C@@H]1O[C@@H](O[C@H]2CC[C@H](O[C@H]3[C@H](O)C[C@H](c4ccc5c(c4O)C(=O)c4ccc6c(c4C5=O)C(=O)C[C@](C)(O[C@H]4CC[C@H](O[C@H]5CCC(=O)[C@H](C)O5)[C@H](C)O4)C6)O[C@@H]3C)O[C@H]2C)CCC1=O. The number of carbonyl (C=O) groups is 5. The van der Waals surface area contributed by atoms with Crippen molar-refractivity contribution in [2.75, 3.05) is 0 Å². The molecule has 15 atom stereocenters. The molecule has 65 heavy (non-hydrogen) atoms. The van der Waals surface area contributed by atoms with Crippen LogP contribution < -0.4 is 0 Å². The Morgan fingerprint density at radius 2 is 1.15 bits per heavy atom. The van der Waals surface area contributed by atoms with E-state index in [1.165, 1.54) is 18.2 Å². The third-order valence-corrected chi connectivity index (χ3v) is 14.2. The van der Waals surface area contributed by atoms with Crippen LogP contribution in [-0.2, 0) is 58.6 Å². The molecule has 2 aromatic rings. The summed E-state index contributed by atoms with van der Waals surface area (Å²) in [6.07, 6.45) is -3.31. The maximum absolute atomic E-state index is 14.3. The molecule has 5 saturated heterocycles. The van der Waals surface area contributed by atoms with Gasteiger partial charge in [0.05, 0.1) is 53.9 Å². The lowest BCUT2D eigenvalue weighted by atomic mass is 9.73. The third kappa shape index (κ3) is 9.16. The molecule has 5 aliphatic heterocycles. The van der Waals surface area contributed by atoms with E-state index in [1.807, 2.05) is 20.8 Å². The van der Waals surface area contributed by atoms with E-state index in [1.54, 1.807) is 26.8 Å². The van der Waals surface area contributed by atoms with Gasteiger partial charge in [-0.1, -0.05) is 12.1 Å². The van der Waals surface area contributed by atoms with Crippen molar-refractivity contribution in [2.45, 2.75) is 204 Å². The van der Waals surface area contributed by atoms with Crippen LogP contribution in [-0.4, -0.2) is 125 Å². The quantitative estimate of drug-likeness (QED) is 0.265. The number of hydrogen-bond donors (Lipinski definition) is 2.